The topological polar surface area (TPSA) is 53.5 Å². The number of hydrogen-bond donors (Lipinski definition) is 0. The summed E-state index contributed by atoms with van der Waals surface area (Å²) in [4.78, 5) is 33.3. The second-order valence-electron chi connectivity index (χ2n) is 6.44. The Morgan fingerprint density at radius 3 is 1.96 bits per heavy atom. The highest BCUT2D eigenvalue weighted by molar-refractivity contribution is 6.05. The average Bonchev–Trinajstić information content (AvgIpc) is 2.75. The molecule has 0 saturated heterocycles. The first-order valence-electron chi connectivity index (χ1n) is 9.23. The quantitative estimate of drug-likeness (QED) is 0.656. The highest BCUT2D eigenvalue weighted by atomic mass is 16.2. The van der Waals surface area contributed by atoms with Crippen LogP contribution in [0, 0.1) is 0 Å². The van der Waals surface area contributed by atoms with Crippen LogP contribution < -0.4 is 4.90 Å². The van der Waals surface area contributed by atoms with Crippen molar-refractivity contribution in [2.75, 3.05) is 18.5 Å². The minimum atomic E-state index is -0.228. The van der Waals surface area contributed by atoms with Gasteiger partial charge in [0.15, 0.2) is 0 Å². The summed E-state index contributed by atoms with van der Waals surface area (Å²) < 4.78 is 0. The first kappa shape index (κ1) is 19.3. The number of para-hydroxylation sites is 1. The molecule has 3 aromatic rings. The summed E-state index contributed by atoms with van der Waals surface area (Å²) in [5.74, 6) is -0.449. The lowest BCUT2D eigenvalue weighted by Gasteiger charge is -2.21. The van der Waals surface area contributed by atoms with Crippen molar-refractivity contribution in [3.63, 3.8) is 0 Å². The number of nitrogens with zero attached hydrogens (tertiary/aromatic N) is 3. The smallest absolute Gasteiger partial charge is 0.276 e. The molecular formula is C23H23N3O2. The van der Waals surface area contributed by atoms with E-state index < -0.39 is 0 Å². The van der Waals surface area contributed by atoms with Crippen LogP contribution in [0.25, 0.3) is 0 Å². The summed E-state index contributed by atoms with van der Waals surface area (Å²) in [6, 6.07) is 24.2. The Hall–Kier alpha value is -3.47. The number of carbonyl (C=O) groups is 2. The number of benzene rings is 2. The number of amides is 2. The SMILES string of the molecule is CCN(C(=O)c1cccc(C(=O)N(C)Cc2ccccc2)n1)c1ccccc1. The Labute approximate surface area is 165 Å². The number of aromatic nitrogens is 1. The normalized spacial score (nSPS) is 10.4. The van der Waals surface area contributed by atoms with Crippen LogP contribution in [-0.4, -0.2) is 35.3 Å². The van der Waals surface area contributed by atoms with Gasteiger partial charge in [0, 0.05) is 25.8 Å². The lowest BCUT2D eigenvalue weighted by molar-refractivity contribution is 0.0779. The van der Waals surface area contributed by atoms with E-state index in [0.717, 1.165) is 11.3 Å². The van der Waals surface area contributed by atoms with Crippen LogP contribution >= 0.6 is 0 Å². The van der Waals surface area contributed by atoms with Crippen molar-refractivity contribution in [2.45, 2.75) is 13.5 Å². The molecule has 1 heterocycles. The summed E-state index contributed by atoms with van der Waals surface area (Å²) in [6.45, 7) is 2.90. The molecule has 0 saturated carbocycles. The fourth-order valence-corrected chi connectivity index (χ4v) is 2.99. The van der Waals surface area contributed by atoms with Gasteiger partial charge in [0.05, 0.1) is 0 Å². The third-order valence-corrected chi connectivity index (χ3v) is 4.43. The van der Waals surface area contributed by atoms with Gasteiger partial charge in [-0.15, -0.1) is 0 Å². The van der Waals surface area contributed by atoms with Gasteiger partial charge in [0.1, 0.15) is 11.4 Å². The van der Waals surface area contributed by atoms with Crippen LogP contribution in [0.1, 0.15) is 33.5 Å². The molecular weight excluding hydrogens is 350 g/mol. The molecule has 0 aliphatic rings. The van der Waals surface area contributed by atoms with Crippen molar-refractivity contribution < 1.29 is 9.59 Å². The lowest BCUT2D eigenvalue weighted by atomic mass is 10.2. The number of rotatable bonds is 6. The van der Waals surface area contributed by atoms with Crippen LogP contribution in [0.4, 0.5) is 5.69 Å². The molecule has 0 atom stereocenters. The molecule has 5 nitrogen and oxygen atoms in total. The van der Waals surface area contributed by atoms with Crippen molar-refractivity contribution >= 4 is 17.5 Å². The number of carbonyl (C=O) groups excluding carboxylic acids is 2. The molecule has 3 rings (SSSR count). The summed E-state index contributed by atoms with van der Waals surface area (Å²) in [7, 11) is 1.73. The summed E-state index contributed by atoms with van der Waals surface area (Å²) in [6.07, 6.45) is 0. The minimum Gasteiger partial charge on any atom is -0.336 e. The minimum absolute atomic E-state index is 0.221. The van der Waals surface area contributed by atoms with Crippen molar-refractivity contribution in [3.8, 4) is 0 Å². The summed E-state index contributed by atoms with van der Waals surface area (Å²) in [5, 5.41) is 0. The van der Waals surface area contributed by atoms with Crippen LogP contribution in [0.3, 0.4) is 0 Å². The largest absolute Gasteiger partial charge is 0.336 e. The van der Waals surface area contributed by atoms with Gasteiger partial charge in [0.25, 0.3) is 11.8 Å². The molecule has 0 radical (unpaired) electrons. The third-order valence-electron chi connectivity index (χ3n) is 4.43. The molecule has 0 bridgehead atoms. The van der Waals surface area contributed by atoms with Gasteiger partial charge in [0.2, 0.25) is 0 Å². The van der Waals surface area contributed by atoms with E-state index >= 15 is 0 Å². The van der Waals surface area contributed by atoms with Crippen molar-refractivity contribution in [2.24, 2.45) is 0 Å². The molecule has 0 aliphatic heterocycles. The Bertz CT molecular complexity index is 942. The van der Waals surface area contributed by atoms with Crippen LogP contribution in [0.5, 0.6) is 0 Å². The van der Waals surface area contributed by atoms with Crippen LogP contribution in [0.2, 0.25) is 0 Å². The third kappa shape index (κ3) is 4.43. The van der Waals surface area contributed by atoms with Crippen LogP contribution in [-0.2, 0) is 6.54 Å². The number of hydrogen-bond acceptors (Lipinski definition) is 3. The van der Waals surface area contributed by atoms with E-state index in [1.807, 2.05) is 67.6 Å². The molecule has 5 heteroatoms. The first-order chi connectivity index (χ1) is 13.6. The lowest BCUT2D eigenvalue weighted by Crippen LogP contribution is -2.32. The van der Waals surface area contributed by atoms with E-state index in [-0.39, 0.29) is 23.2 Å². The molecule has 0 spiro atoms. The standard InChI is InChI=1S/C23H23N3O2/c1-3-26(19-13-8-5-9-14-19)23(28)21-16-10-15-20(24-21)22(27)25(2)17-18-11-6-4-7-12-18/h4-16H,3,17H2,1-2H3. The van der Waals surface area contributed by atoms with Gasteiger partial charge in [-0.25, -0.2) is 4.98 Å². The monoisotopic (exact) mass is 373 g/mol. The second-order valence-corrected chi connectivity index (χ2v) is 6.44. The van der Waals surface area contributed by atoms with E-state index in [1.54, 1.807) is 35.0 Å². The molecule has 0 unspecified atom stereocenters. The highest BCUT2D eigenvalue weighted by Crippen LogP contribution is 2.16. The Kier molecular flexibility index (Phi) is 6.17. The van der Waals surface area contributed by atoms with Crippen molar-refractivity contribution in [1.29, 1.82) is 0 Å². The van der Waals surface area contributed by atoms with Crippen molar-refractivity contribution in [3.05, 3.63) is 95.8 Å². The Morgan fingerprint density at radius 1 is 0.786 bits per heavy atom. The van der Waals surface area contributed by atoms with E-state index in [2.05, 4.69) is 4.98 Å². The highest BCUT2D eigenvalue weighted by Gasteiger charge is 2.20. The molecule has 28 heavy (non-hydrogen) atoms. The molecule has 2 amide bonds. The first-order valence-corrected chi connectivity index (χ1v) is 9.23. The van der Waals surface area contributed by atoms with E-state index in [4.69, 9.17) is 0 Å². The van der Waals surface area contributed by atoms with Crippen molar-refractivity contribution in [1.82, 2.24) is 9.88 Å². The zero-order valence-corrected chi connectivity index (χ0v) is 16.1. The molecule has 0 aliphatic carbocycles. The molecule has 1 aromatic heterocycles. The maximum absolute atomic E-state index is 13.0. The van der Waals surface area contributed by atoms with E-state index in [1.165, 1.54) is 0 Å². The maximum atomic E-state index is 13.0. The Balaban J connectivity index is 1.79. The van der Waals surface area contributed by atoms with Gasteiger partial charge in [-0.3, -0.25) is 9.59 Å². The van der Waals surface area contributed by atoms with E-state index in [0.29, 0.717) is 13.1 Å². The summed E-state index contributed by atoms with van der Waals surface area (Å²) >= 11 is 0. The fourth-order valence-electron chi connectivity index (χ4n) is 2.99. The fraction of sp³-hybridized carbons (Fsp3) is 0.174. The zero-order chi connectivity index (χ0) is 19.9. The predicted octanol–water partition coefficient (Wildman–Crippen LogP) is 4.02. The van der Waals surface area contributed by atoms with Gasteiger partial charge in [-0.1, -0.05) is 54.6 Å². The zero-order valence-electron chi connectivity index (χ0n) is 16.1. The Morgan fingerprint density at radius 2 is 1.36 bits per heavy atom. The van der Waals surface area contributed by atoms with Gasteiger partial charge in [-0.05, 0) is 36.8 Å². The van der Waals surface area contributed by atoms with E-state index in [9.17, 15) is 9.59 Å². The predicted molar refractivity (Wildman–Crippen MR) is 110 cm³/mol. The van der Waals surface area contributed by atoms with Gasteiger partial charge >= 0.3 is 0 Å². The molecule has 142 valence electrons. The molecule has 0 fully saturated rings. The number of anilines is 1. The van der Waals surface area contributed by atoms with Gasteiger partial charge in [-0.2, -0.15) is 0 Å². The molecule has 0 N–H and O–H groups in total. The maximum Gasteiger partial charge on any atom is 0.276 e. The molecule has 2 aromatic carbocycles. The average molecular weight is 373 g/mol. The van der Waals surface area contributed by atoms with Crippen LogP contribution in [0.15, 0.2) is 78.9 Å². The second kappa shape index (κ2) is 8.95. The van der Waals surface area contributed by atoms with Gasteiger partial charge < -0.3 is 9.80 Å². The summed E-state index contributed by atoms with van der Waals surface area (Å²) in [5.41, 5.74) is 2.35. The number of pyridine rings is 1.